The van der Waals surface area contributed by atoms with Crippen LogP contribution in [0.1, 0.15) is 22.1 Å². The van der Waals surface area contributed by atoms with Crippen LogP contribution in [0.15, 0.2) is 36.5 Å². The summed E-state index contributed by atoms with van der Waals surface area (Å²) < 4.78 is 43.1. The van der Waals surface area contributed by atoms with Crippen molar-refractivity contribution in [3.05, 3.63) is 70.8 Å². The molecule has 1 N–H and O–H groups in total. The SMILES string of the molecule is Cc1nn(-c2ccccn2)c2c1[C@@H](c1ccc(F)c(F)c1F)SCC(=O)N2. The summed E-state index contributed by atoms with van der Waals surface area (Å²) >= 11 is 1.12. The van der Waals surface area contributed by atoms with E-state index in [1.165, 1.54) is 10.7 Å². The Labute approximate surface area is 156 Å². The lowest BCUT2D eigenvalue weighted by Crippen LogP contribution is -2.16. The number of fused-ring (bicyclic) bond motifs is 1. The maximum absolute atomic E-state index is 14.5. The van der Waals surface area contributed by atoms with Gasteiger partial charge in [0.1, 0.15) is 5.82 Å². The number of thioether (sulfide) groups is 1. The molecule has 3 aromatic rings. The van der Waals surface area contributed by atoms with E-state index in [4.69, 9.17) is 0 Å². The second kappa shape index (κ2) is 6.73. The Balaban J connectivity index is 1.93. The Morgan fingerprint density at radius 2 is 2.00 bits per heavy atom. The lowest BCUT2D eigenvalue weighted by atomic mass is 10.0. The Bertz CT molecular complexity index is 1040. The fourth-order valence-electron chi connectivity index (χ4n) is 3.02. The molecule has 5 nitrogen and oxygen atoms in total. The van der Waals surface area contributed by atoms with Crippen LogP contribution in [0, 0.1) is 24.4 Å². The summed E-state index contributed by atoms with van der Waals surface area (Å²) in [6.07, 6.45) is 1.58. The zero-order valence-electron chi connectivity index (χ0n) is 14.0. The number of rotatable bonds is 2. The predicted octanol–water partition coefficient (Wildman–Crippen LogP) is 3.77. The molecule has 4 rings (SSSR count). The number of hydrogen-bond acceptors (Lipinski definition) is 4. The monoisotopic (exact) mass is 390 g/mol. The van der Waals surface area contributed by atoms with Crippen molar-refractivity contribution in [3.8, 4) is 5.82 Å². The summed E-state index contributed by atoms with van der Waals surface area (Å²) in [7, 11) is 0. The Morgan fingerprint density at radius 3 is 2.74 bits per heavy atom. The fourth-order valence-corrected chi connectivity index (χ4v) is 4.22. The molecule has 0 bridgehead atoms. The van der Waals surface area contributed by atoms with Gasteiger partial charge in [-0.05, 0) is 25.1 Å². The number of nitrogens with zero attached hydrogens (tertiary/aromatic N) is 3. The highest BCUT2D eigenvalue weighted by Gasteiger charge is 2.33. The minimum absolute atomic E-state index is 0.0272. The Hall–Kier alpha value is -2.81. The molecule has 1 amide bonds. The number of nitrogens with one attached hydrogen (secondary N) is 1. The van der Waals surface area contributed by atoms with Gasteiger partial charge in [0.15, 0.2) is 23.3 Å². The second-order valence-electron chi connectivity index (χ2n) is 5.95. The number of hydrogen-bond donors (Lipinski definition) is 1. The van der Waals surface area contributed by atoms with Crippen LogP contribution in [0.2, 0.25) is 0 Å². The topological polar surface area (TPSA) is 59.8 Å². The third kappa shape index (κ3) is 2.97. The predicted molar refractivity (Wildman–Crippen MR) is 95.3 cm³/mol. The molecule has 0 saturated heterocycles. The maximum Gasteiger partial charge on any atom is 0.235 e. The molecule has 138 valence electrons. The molecule has 1 aliphatic heterocycles. The summed E-state index contributed by atoms with van der Waals surface area (Å²) in [6, 6.07) is 7.30. The van der Waals surface area contributed by atoms with Crippen LogP contribution >= 0.6 is 11.8 Å². The van der Waals surface area contributed by atoms with E-state index in [-0.39, 0.29) is 17.2 Å². The average molecular weight is 390 g/mol. The lowest BCUT2D eigenvalue weighted by Gasteiger charge is -2.16. The summed E-state index contributed by atoms with van der Waals surface area (Å²) in [4.78, 5) is 16.4. The first-order chi connectivity index (χ1) is 13.0. The third-order valence-corrected chi connectivity index (χ3v) is 5.47. The van der Waals surface area contributed by atoms with Gasteiger partial charge in [-0.3, -0.25) is 4.79 Å². The minimum Gasteiger partial charge on any atom is -0.310 e. The molecule has 0 radical (unpaired) electrons. The molecule has 27 heavy (non-hydrogen) atoms. The molecule has 0 aliphatic carbocycles. The average Bonchev–Trinajstić information content (AvgIpc) is 2.87. The van der Waals surface area contributed by atoms with Gasteiger partial charge >= 0.3 is 0 Å². The first-order valence-electron chi connectivity index (χ1n) is 8.03. The highest BCUT2D eigenvalue weighted by Crippen LogP contribution is 2.44. The van der Waals surface area contributed by atoms with Gasteiger partial charge < -0.3 is 5.32 Å². The van der Waals surface area contributed by atoms with Crippen LogP contribution in [0.3, 0.4) is 0 Å². The zero-order chi connectivity index (χ0) is 19.1. The van der Waals surface area contributed by atoms with Gasteiger partial charge in [0.2, 0.25) is 5.91 Å². The normalized spacial score (nSPS) is 16.6. The van der Waals surface area contributed by atoms with Crippen molar-refractivity contribution >= 4 is 23.5 Å². The van der Waals surface area contributed by atoms with Gasteiger partial charge in [-0.15, -0.1) is 11.8 Å². The van der Waals surface area contributed by atoms with Crippen LogP contribution in [-0.4, -0.2) is 26.4 Å². The molecule has 2 aromatic heterocycles. The van der Waals surface area contributed by atoms with E-state index in [1.54, 1.807) is 31.3 Å². The highest BCUT2D eigenvalue weighted by atomic mass is 32.2. The zero-order valence-corrected chi connectivity index (χ0v) is 14.9. The van der Waals surface area contributed by atoms with Gasteiger partial charge in [0.25, 0.3) is 0 Å². The van der Waals surface area contributed by atoms with Crippen molar-refractivity contribution in [1.29, 1.82) is 0 Å². The number of carbonyl (C=O) groups excluding carboxylic acids is 1. The van der Waals surface area contributed by atoms with E-state index in [0.717, 1.165) is 17.8 Å². The molecule has 0 spiro atoms. The number of aromatic nitrogens is 3. The second-order valence-corrected chi connectivity index (χ2v) is 7.04. The first kappa shape index (κ1) is 17.6. The van der Waals surface area contributed by atoms with Gasteiger partial charge in [0.05, 0.1) is 16.7 Å². The highest BCUT2D eigenvalue weighted by molar-refractivity contribution is 8.00. The van der Waals surface area contributed by atoms with Crippen molar-refractivity contribution < 1.29 is 18.0 Å². The van der Waals surface area contributed by atoms with E-state index in [1.807, 2.05) is 0 Å². The van der Waals surface area contributed by atoms with E-state index in [0.29, 0.717) is 22.9 Å². The van der Waals surface area contributed by atoms with Gasteiger partial charge in [0, 0.05) is 17.3 Å². The Morgan fingerprint density at radius 1 is 1.19 bits per heavy atom. The van der Waals surface area contributed by atoms with E-state index in [9.17, 15) is 18.0 Å². The molecule has 9 heteroatoms. The summed E-state index contributed by atoms with van der Waals surface area (Å²) in [5.41, 5.74) is 1.02. The third-order valence-electron chi connectivity index (χ3n) is 4.22. The summed E-state index contributed by atoms with van der Waals surface area (Å²) in [6.45, 7) is 1.71. The largest absolute Gasteiger partial charge is 0.310 e. The standard InChI is InChI=1S/C18H13F3N4OS/c1-9-14-17(10-5-6-11(19)16(21)15(10)20)27-8-13(26)23-18(14)25(24-9)12-4-2-3-7-22-12/h2-7,17H,8H2,1H3,(H,23,26)/t17-/m1/s1. The van der Waals surface area contributed by atoms with Crippen LogP contribution in [-0.2, 0) is 4.79 Å². The quantitative estimate of drug-likeness (QED) is 0.677. The maximum atomic E-state index is 14.5. The smallest absolute Gasteiger partial charge is 0.235 e. The minimum atomic E-state index is -1.53. The van der Waals surface area contributed by atoms with Crippen molar-refractivity contribution in [3.63, 3.8) is 0 Å². The molecule has 1 atom stereocenters. The van der Waals surface area contributed by atoms with Crippen molar-refractivity contribution in [1.82, 2.24) is 14.8 Å². The van der Waals surface area contributed by atoms with Crippen LogP contribution in [0.25, 0.3) is 5.82 Å². The number of amides is 1. The van der Waals surface area contributed by atoms with Crippen LogP contribution < -0.4 is 5.32 Å². The molecular formula is C18H13F3N4OS. The van der Waals surface area contributed by atoms with Crippen molar-refractivity contribution in [2.45, 2.75) is 12.2 Å². The van der Waals surface area contributed by atoms with E-state index < -0.39 is 22.7 Å². The molecular weight excluding hydrogens is 377 g/mol. The van der Waals surface area contributed by atoms with E-state index >= 15 is 0 Å². The fraction of sp³-hybridized carbons (Fsp3) is 0.167. The van der Waals surface area contributed by atoms with Crippen molar-refractivity contribution in [2.24, 2.45) is 0 Å². The van der Waals surface area contributed by atoms with Gasteiger partial charge in [-0.25, -0.2) is 18.2 Å². The number of pyridine rings is 1. The molecule has 0 unspecified atom stereocenters. The van der Waals surface area contributed by atoms with Crippen LogP contribution in [0.5, 0.6) is 0 Å². The number of anilines is 1. The molecule has 0 saturated carbocycles. The Kier molecular flexibility index (Phi) is 4.39. The number of halogens is 3. The van der Waals surface area contributed by atoms with Crippen molar-refractivity contribution in [2.75, 3.05) is 11.1 Å². The molecule has 1 aliphatic rings. The van der Waals surface area contributed by atoms with Gasteiger partial charge in [-0.1, -0.05) is 12.1 Å². The molecule has 0 fully saturated rings. The molecule has 3 heterocycles. The summed E-state index contributed by atoms with van der Waals surface area (Å²) in [5, 5.41) is 6.46. The number of carbonyl (C=O) groups is 1. The summed E-state index contributed by atoms with van der Waals surface area (Å²) in [5.74, 6) is -3.52. The number of benzene rings is 1. The first-order valence-corrected chi connectivity index (χ1v) is 9.08. The van der Waals surface area contributed by atoms with Crippen LogP contribution in [0.4, 0.5) is 19.0 Å². The van der Waals surface area contributed by atoms with E-state index in [2.05, 4.69) is 15.4 Å². The number of aryl methyl sites for hydroxylation is 1. The lowest BCUT2D eigenvalue weighted by molar-refractivity contribution is -0.113. The van der Waals surface area contributed by atoms with Gasteiger partial charge in [-0.2, -0.15) is 9.78 Å². The molecule has 1 aromatic carbocycles.